The fourth-order valence-corrected chi connectivity index (χ4v) is 1.50. The number of nitrogens with zero attached hydrogens (tertiary/aromatic N) is 3. The summed E-state index contributed by atoms with van der Waals surface area (Å²) >= 11 is 1.86. The van der Waals surface area contributed by atoms with E-state index in [1.807, 2.05) is 22.6 Å². The number of rotatable bonds is 6. The molecule has 4 nitrogen and oxygen atoms in total. The van der Waals surface area contributed by atoms with Crippen molar-refractivity contribution < 1.29 is 0 Å². The Bertz CT molecular complexity index is 236. The molecule has 0 aliphatic rings. The van der Waals surface area contributed by atoms with Gasteiger partial charge in [-0.15, -0.1) is 5.10 Å². The van der Waals surface area contributed by atoms with Gasteiger partial charge < -0.3 is 5.73 Å². The summed E-state index contributed by atoms with van der Waals surface area (Å²) in [6.45, 7) is 1.60. The number of thioether (sulfide) groups is 1. The summed E-state index contributed by atoms with van der Waals surface area (Å²) in [6.07, 6.45) is 6.06. The quantitative estimate of drug-likeness (QED) is 0.681. The molecule has 0 bridgehead atoms. The third-order valence-electron chi connectivity index (χ3n) is 1.72. The average Bonchev–Trinajstić information content (AvgIpc) is 2.54. The first-order valence-electron chi connectivity index (χ1n) is 4.45. The van der Waals surface area contributed by atoms with Crippen molar-refractivity contribution in [1.82, 2.24) is 15.0 Å². The summed E-state index contributed by atoms with van der Waals surface area (Å²) in [4.78, 5) is 0. The van der Waals surface area contributed by atoms with Crippen molar-refractivity contribution in [1.29, 1.82) is 0 Å². The van der Waals surface area contributed by atoms with Gasteiger partial charge in [0, 0.05) is 19.2 Å². The summed E-state index contributed by atoms with van der Waals surface area (Å²) in [5.41, 5.74) is 6.40. The topological polar surface area (TPSA) is 56.7 Å². The van der Waals surface area contributed by atoms with E-state index < -0.39 is 0 Å². The molecule has 0 unspecified atom stereocenters. The Labute approximate surface area is 82.9 Å². The van der Waals surface area contributed by atoms with E-state index in [-0.39, 0.29) is 0 Å². The van der Waals surface area contributed by atoms with Crippen LogP contribution in [0.15, 0.2) is 6.20 Å². The van der Waals surface area contributed by atoms with Crippen molar-refractivity contribution in [3.05, 3.63) is 11.9 Å². The van der Waals surface area contributed by atoms with Crippen LogP contribution in [0.3, 0.4) is 0 Å². The van der Waals surface area contributed by atoms with Crippen molar-refractivity contribution in [3.63, 3.8) is 0 Å². The summed E-state index contributed by atoms with van der Waals surface area (Å²) < 4.78 is 1.89. The third-order valence-corrected chi connectivity index (χ3v) is 2.42. The number of hydrogen-bond acceptors (Lipinski definition) is 4. The van der Waals surface area contributed by atoms with E-state index >= 15 is 0 Å². The zero-order chi connectivity index (χ0) is 9.52. The first-order chi connectivity index (χ1) is 6.36. The zero-order valence-corrected chi connectivity index (χ0v) is 8.76. The lowest BCUT2D eigenvalue weighted by Crippen LogP contribution is -2.02. The van der Waals surface area contributed by atoms with Crippen molar-refractivity contribution in [2.75, 3.05) is 18.6 Å². The Hall–Kier alpha value is -0.550. The molecule has 0 atom stereocenters. The highest BCUT2D eigenvalue weighted by Crippen LogP contribution is 1.99. The van der Waals surface area contributed by atoms with E-state index in [2.05, 4.69) is 16.6 Å². The van der Waals surface area contributed by atoms with Gasteiger partial charge in [-0.2, -0.15) is 11.8 Å². The predicted molar refractivity (Wildman–Crippen MR) is 55.8 cm³/mol. The lowest BCUT2D eigenvalue weighted by molar-refractivity contribution is 0.582. The Balaban J connectivity index is 2.31. The summed E-state index contributed by atoms with van der Waals surface area (Å²) in [6, 6.07) is 0. The molecule has 0 radical (unpaired) electrons. The molecule has 0 spiro atoms. The molecule has 13 heavy (non-hydrogen) atoms. The first-order valence-corrected chi connectivity index (χ1v) is 5.84. The van der Waals surface area contributed by atoms with Crippen LogP contribution in [0.5, 0.6) is 0 Å². The average molecular weight is 200 g/mol. The van der Waals surface area contributed by atoms with Gasteiger partial charge >= 0.3 is 0 Å². The molecule has 0 fully saturated rings. The lowest BCUT2D eigenvalue weighted by Gasteiger charge is -1.97. The Morgan fingerprint density at radius 3 is 3.15 bits per heavy atom. The van der Waals surface area contributed by atoms with Gasteiger partial charge in [-0.05, 0) is 25.0 Å². The molecule has 5 heteroatoms. The second-order valence-corrected chi connectivity index (χ2v) is 3.84. The molecule has 0 aliphatic heterocycles. The Morgan fingerprint density at radius 1 is 1.62 bits per heavy atom. The van der Waals surface area contributed by atoms with Crippen LogP contribution in [0.25, 0.3) is 0 Å². The van der Waals surface area contributed by atoms with E-state index in [4.69, 9.17) is 5.73 Å². The first kappa shape index (κ1) is 10.5. The van der Waals surface area contributed by atoms with E-state index in [1.54, 1.807) is 0 Å². The normalized spacial score (nSPS) is 10.6. The summed E-state index contributed by atoms with van der Waals surface area (Å²) in [5.74, 6) is 1.17. The van der Waals surface area contributed by atoms with Gasteiger partial charge in [-0.25, -0.2) is 0 Å². The Kier molecular flexibility index (Phi) is 4.85. The molecule has 0 saturated carbocycles. The van der Waals surface area contributed by atoms with E-state index in [1.165, 1.54) is 5.75 Å². The minimum atomic E-state index is 0.642. The molecule has 1 heterocycles. The van der Waals surface area contributed by atoms with Crippen LogP contribution in [0.1, 0.15) is 12.1 Å². The molecule has 0 aliphatic carbocycles. The van der Waals surface area contributed by atoms with Gasteiger partial charge in [0.05, 0.1) is 5.69 Å². The second-order valence-electron chi connectivity index (χ2n) is 2.86. The van der Waals surface area contributed by atoms with Crippen molar-refractivity contribution in [2.24, 2.45) is 5.73 Å². The highest BCUT2D eigenvalue weighted by Gasteiger charge is 1.98. The standard InChI is InChI=1S/C8H16N4S/c1-13-6-2-5-12-7-8(3-4-9)10-11-12/h7H,2-6,9H2,1H3. The van der Waals surface area contributed by atoms with Crippen molar-refractivity contribution in [3.8, 4) is 0 Å². The molecular weight excluding hydrogens is 184 g/mol. The van der Waals surface area contributed by atoms with Crippen LogP contribution in [0.4, 0.5) is 0 Å². The van der Waals surface area contributed by atoms with Crippen LogP contribution in [0.2, 0.25) is 0 Å². The van der Waals surface area contributed by atoms with Gasteiger partial charge in [0.2, 0.25) is 0 Å². The zero-order valence-electron chi connectivity index (χ0n) is 7.94. The molecule has 74 valence electrons. The fourth-order valence-electron chi connectivity index (χ4n) is 1.08. The van der Waals surface area contributed by atoms with Crippen molar-refractivity contribution >= 4 is 11.8 Å². The van der Waals surface area contributed by atoms with Crippen LogP contribution in [-0.4, -0.2) is 33.5 Å². The molecule has 0 aromatic carbocycles. The molecule has 0 amide bonds. The monoisotopic (exact) mass is 200 g/mol. The fraction of sp³-hybridized carbons (Fsp3) is 0.750. The van der Waals surface area contributed by atoms with Crippen LogP contribution in [-0.2, 0) is 13.0 Å². The van der Waals surface area contributed by atoms with Crippen LogP contribution >= 0.6 is 11.8 Å². The number of aromatic nitrogens is 3. The number of hydrogen-bond donors (Lipinski definition) is 1. The minimum Gasteiger partial charge on any atom is -0.330 e. The molecule has 0 saturated heterocycles. The van der Waals surface area contributed by atoms with Gasteiger partial charge in [0.15, 0.2) is 0 Å². The second kappa shape index (κ2) is 5.99. The van der Waals surface area contributed by atoms with Gasteiger partial charge in [-0.3, -0.25) is 4.68 Å². The maximum absolute atomic E-state index is 5.41. The smallest absolute Gasteiger partial charge is 0.0839 e. The minimum absolute atomic E-state index is 0.642. The molecule has 1 aromatic rings. The van der Waals surface area contributed by atoms with Gasteiger partial charge in [-0.1, -0.05) is 5.21 Å². The van der Waals surface area contributed by atoms with Crippen LogP contribution < -0.4 is 5.73 Å². The van der Waals surface area contributed by atoms with E-state index in [0.29, 0.717) is 6.54 Å². The highest BCUT2D eigenvalue weighted by molar-refractivity contribution is 7.98. The SMILES string of the molecule is CSCCCn1cc(CCN)nn1. The van der Waals surface area contributed by atoms with Gasteiger partial charge in [0.1, 0.15) is 0 Å². The van der Waals surface area contributed by atoms with E-state index in [9.17, 15) is 0 Å². The Morgan fingerprint density at radius 2 is 2.46 bits per heavy atom. The lowest BCUT2D eigenvalue weighted by atomic mass is 10.3. The van der Waals surface area contributed by atoms with Gasteiger partial charge in [0.25, 0.3) is 0 Å². The summed E-state index contributed by atoms with van der Waals surface area (Å²) in [7, 11) is 0. The highest BCUT2D eigenvalue weighted by atomic mass is 32.2. The molecule has 1 rings (SSSR count). The maximum atomic E-state index is 5.41. The molecular formula is C8H16N4S. The van der Waals surface area contributed by atoms with Crippen molar-refractivity contribution in [2.45, 2.75) is 19.4 Å². The number of aryl methyl sites for hydroxylation is 1. The summed E-state index contributed by atoms with van der Waals surface area (Å²) in [5, 5.41) is 8.02. The van der Waals surface area contributed by atoms with E-state index in [0.717, 1.165) is 25.1 Å². The number of nitrogens with two attached hydrogens (primary N) is 1. The molecule has 2 N–H and O–H groups in total. The van der Waals surface area contributed by atoms with Crippen LogP contribution in [0, 0.1) is 0 Å². The third kappa shape index (κ3) is 3.78. The largest absolute Gasteiger partial charge is 0.330 e. The predicted octanol–water partition coefficient (Wildman–Crippen LogP) is 0.532. The maximum Gasteiger partial charge on any atom is 0.0839 e. The molecule has 1 aromatic heterocycles.